The molecule has 47 heavy (non-hydrogen) atoms. The summed E-state index contributed by atoms with van der Waals surface area (Å²) in [5.74, 6) is 3.15. The number of aryl methyl sites for hydroxylation is 2. The molecule has 0 amide bonds. The van der Waals surface area contributed by atoms with Gasteiger partial charge in [-0.1, -0.05) is 19.3 Å². The van der Waals surface area contributed by atoms with Crippen molar-refractivity contribution in [1.29, 1.82) is 0 Å². The maximum atomic E-state index is 5.96. The first kappa shape index (κ1) is 33.0. The van der Waals surface area contributed by atoms with Crippen molar-refractivity contribution in [1.82, 2.24) is 9.97 Å². The lowest BCUT2D eigenvalue weighted by Gasteiger charge is -2.18. The lowest BCUT2D eigenvalue weighted by molar-refractivity contribution is 0.288. The van der Waals surface area contributed by atoms with E-state index in [9.17, 15) is 0 Å². The number of nitrogens with zero attached hydrogens (tertiary/aromatic N) is 2. The number of pyridine rings is 2. The van der Waals surface area contributed by atoms with E-state index in [0.717, 1.165) is 109 Å². The topological polar surface area (TPSA) is 86.8 Å². The fourth-order valence-corrected chi connectivity index (χ4v) is 7.22. The van der Waals surface area contributed by atoms with E-state index >= 15 is 0 Å². The van der Waals surface area contributed by atoms with Crippen LogP contribution >= 0.6 is 0 Å². The Labute approximate surface area is 279 Å². The van der Waals surface area contributed by atoms with Gasteiger partial charge < -0.3 is 29.6 Å². The molecule has 0 aliphatic heterocycles. The minimum absolute atomic E-state index is 0.603. The average molecular weight is 641 g/mol. The van der Waals surface area contributed by atoms with Crippen molar-refractivity contribution >= 4 is 33.2 Å². The summed E-state index contributed by atoms with van der Waals surface area (Å²) in [5.41, 5.74) is 9.70. The summed E-state index contributed by atoms with van der Waals surface area (Å²) in [5, 5.41) is 9.93. The SMILES string of the molecule is CCOc1cc2nc3c(c(NCCCCCCCNc4c5c(nc6cc(OCC)c(OCC)cc46)CCC5)c2cc1OCC)CCC3. The van der Waals surface area contributed by atoms with Crippen molar-refractivity contribution < 1.29 is 18.9 Å². The van der Waals surface area contributed by atoms with E-state index in [-0.39, 0.29) is 0 Å². The number of fused-ring (bicyclic) bond motifs is 4. The van der Waals surface area contributed by atoms with Crippen molar-refractivity contribution in [3.8, 4) is 23.0 Å². The zero-order valence-electron chi connectivity index (χ0n) is 28.9. The normalized spacial score (nSPS) is 13.5. The van der Waals surface area contributed by atoms with Crippen molar-refractivity contribution in [3.05, 3.63) is 46.8 Å². The zero-order chi connectivity index (χ0) is 32.6. The second-order valence-electron chi connectivity index (χ2n) is 12.5. The van der Waals surface area contributed by atoms with Crippen LogP contribution in [0.15, 0.2) is 24.3 Å². The number of nitrogens with one attached hydrogen (secondary N) is 2. The van der Waals surface area contributed by atoms with Gasteiger partial charge in [-0.25, -0.2) is 0 Å². The monoisotopic (exact) mass is 640 g/mol. The van der Waals surface area contributed by atoms with Crippen molar-refractivity contribution in [2.24, 2.45) is 0 Å². The lowest BCUT2D eigenvalue weighted by Crippen LogP contribution is -2.08. The van der Waals surface area contributed by atoms with Crippen LogP contribution in [-0.2, 0) is 25.7 Å². The Kier molecular flexibility index (Phi) is 11.1. The molecule has 0 unspecified atom stereocenters. The molecule has 0 fully saturated rings. The third kappa shape index (κ3) is 7.31. The molecule has 0 bridgehead atoms. The third-order valence-electron chi connectivity index (χ3n) is 9.31. The van der Waals surface area contributed by atoms with Crippen LogP contribution in [0.25, 0.3) is 21.8 Å². The first-order valence-electron chi connectivity index (χ1n) is 18.1. The van der Waals surface area contributed by atoms with Crippen LogP contribution in [0.2, 0.25) is 0 Å². The van der Waals surface area contributed by atoms with Gasteiger partial charge in [0.2, 0.25) is 0 Å². The number of hydrogen-bond donors (Lipinski definition) is 2. The standard InChI is InChI=1S/C39H52N4O4/c1-5-44-34-22-28-32(24-36(34)46-7-3)42-30-18-14-16-26(30)38(28)40-20-12-10-9-11-13-21-41-39-27-17-15-19-31(27)43-33-25-37(47-8-4)35(45-6-2)23-29(33)39/h22-25H,5-21H2,1-4H3,(H,40,42)(H,41,43). The van der Waals surface area contributed by atoms with Gasteiger partial charge in [-0.05, 0) is 102 Å². The maximum absolute atomic E-state index is 5.96. The van der Waals surface area contributed by atoms with Crippen molar-refractivity contribution in [2.45, 2.75) is 98.3 Å². The molecule has 6 rings (SSSR count). The van der Waals surface area contributed by atoms with Gasteiger partial charge in [0.1, 0.15) is 0 Å². The molecule has 0 radical (unpaired) electrons. The molecule has 2 aromatic carbocycles. The Morgan fingerprint density at radius 3 is 1.30 bits per heavy atom. The van der Waals surface area contributed by atoms with Gasteiger partial charge in [0.15, 0.2) is 23.0 Å². The van der Waals surface area contributed by atoms with E-state index < -0.39 is 0 Å². The largest absolute Gasteiger partial charge is 0.490 e. The van der Waals surface area contributed by atoms with Crippen LogP contribution < -0.4 is 29.6 Å². The number of ether oxygens (including phenoxy) is 4. The van der Waals surface area contributed by atoms with E-state index in [1.807, 2.05) is 27.7 Å². The molecule has 2 aliphatic rings. The van der Waals surface area contributed by atoms with Gasteiger partial charge in [0.25, 0.3) is 0 Å². The number of aromatic nitrogens is 2. The second kappa shape index (κ2) is 15.8. The molecule has 4 aromatic rings. The molecule has 0 atom stereocenters. The van der Waals surface area contributed by atoms with Crippen molar-refractivity contribution in [3.63, 3.8) is 0 Å². The first-order valence-corrected chi connectivity index (χ1v) is 18.1. The Morgan fingerprint density at radius 1 is 0.511 bits per heavy atom. The maximum Gasteiger partial charge on any atom is 0.163 e. The van der Waals surface area contributed by atoms with E-state index in [4.69, 9.17) is 28.9 Å². The predicted octanol–water partition coefficient (Wildman–Crippen LogP) is 8.83. The highest BCUT2D eigenvalue weighted by atomic mass is 16.5. The van der Waals surface area contributed by atoms with E-state index in [2.05, 4.69) is 34.9 Å². The molecule has 252 valence electrons. The fourth-order valence-electron chi connectivity index (χ4n) is 7.22. The lowest BCUT2D eigenvalue weighted by atomic mass is 10.1. The van der Waals surface area contributed by atoms with E-state index in [1.54, 1.807) is 0 Å². The Bertz CT molecular complexity index is 1560. The highest BCUT2D eigenvalue weighted by Crippen LogP contribution is 2.41. The summed E-state index contributed by atoms with van der Waals surface area (Å²) in [6.07, 6.45) is 12.5. The van der Waals surface area contributed by atoms with Crippen LogP contribution in [0.5, 0.6) is 23.0 Å². The van der Waals surface area contributed by atoms with Gasteiger partial charge >= 0.3 is 0 Å². The Hall–Kier alpha value is -3.94. The molecule has 2 N–H and O–H groups in total. The van der Waals surface area contributed by atoms with Gasteiger partial charge in [0.05, 0.1) is 37.5 Å². The average Bonchev–Trinajstić information content (AvgIpc) is 3.74. The molecular formula is C39H52N4O4. The summed E-state index contributed by atoms with van der Waals surface area (Å²) < 4.78 is 23.7. The van der Waals surface area contributed by atoms with Crippen LogP contribution in [0.4, 0.5) is 11.4 Å². The molecule has 2 aromatic heterocycles. The smallest absolute Gasteiger partial charge is 0.163 e. The molecule has 0 spiro atoms. The summed E-state index contributed by atoms with van der Waals surface area (Å²) in [7, 11) is 0. The zero-order valence-corrected chi connectivity index (χ0v) is 28.9. The van der Waals surface area contributed by atoms with Crippen molar-refractivity contribution in [2.75, 3.05) is 50.2 Å². The number of unbranched alkanes of at least 4 members (excludes halogenated alkanes) is 4. The quantitative estimate of drug-likeness (QED) is 0.104. The Balaban J connectivity index is 1.03. The summed E-state index contributed by atoms with van der Waals surface area (Å²) >= 11 is 0. The number of benzene rings is 2. The molecule has 8 heteroatoms. The van der Waals surface area contributed by atoms with Crippen LogP contribution in [0.3, 0.4) is 0 Å². The van der Waals surface area contributed by atoms with Crippen LogP contribution in [-0.4, -0.2) is 49.5 Å². The van der Waals surface area contributed by atoms with E-state index in [0.29, 0.717) is 26.4 Å². The van der Waals surface area contributed by atoms with Crippen LogP contribution in [0, 0.1) is 0 Å². The van der Waals surface area contributed by atoms with Gasteiger partial charge in [0, 0.05) is 58.8 Å². The molecule has 0 saturated heterocycles. The highest BCUT2D eigenvalue weighted by Gasteiger charge is 2.23. The molecule has 0 saturated carbocycles. The minimum Gasteiger partial charge on any atom is -0.490 e. The van der Waals surface area contributed by atoms with Gasteiger partial charge in [-0.3, -0.25) is 9.97 Å². The molecule has 2 heterocycles. The van der Waals surface area contributed by atoms with Gasteiger partial charge in [-0.15, -0.1) is 0 Å². The van der Waals surface area contributed by atoms with Crippen LogP contribution in [0.1, 0.15) is 95.2 Å². The number of hydrogen-bond acceptors (Lipinski definition) is 8. The number of anilines is 2. The summed E-state index contributed by atoms with van der Waals surface area (Å²) in [4.78, 5) is 10.1. The predicted molar refractivity (Wildman–Crippen MR) is 192 cm³/mol. The minimum atomic E-state index is 0.603. The summed E-state index contributed by atoms with van der Waals surface area (Å²) in [6, 6.07) is 8.37. The first-order chi connectivity index (χ1) is 23.1. The highest BCUT2D eigenvalue weighted by molar-refractivity contribution is 5.97. The molecule has 2 aliphatic carbocycles. The Morgan fingerprint density at radius 2 is 0.894 bits per heavy atom. The third-order valence-corrected chi connectivity index (χ3v) is 9.31. The molecular weight excluding hydrogens is 588 g/mol. The number of rotatable bonds is 18. The van der Waals surface area contributed by atoms with Gasteiger partial charge in [-0.2, -0.15) is 0 Å². The second-order valence-corrected chi connectivity index (χ2v) is 12.5. The fraction of sp³-hybridized carbons (Fsp3) is 0.538. The molecule has 8 nitrogen and oxygen atoms in total. The van der Waals surface area contributed by atoms with E-state index in [1.165, 1.54) is 53.2 Å². The summed E-state index contributed by atoms with van der Waals surface area (Å²) in [6.45, 7) is 12.4.